The van der Waals surface area contributed by atoms with Crippen LogP contribution in [0, 0.1) is 17.8 Å². The van der Waals surface area contributed by atoms with Gasteiger partial charge in [0.2, 0.25) is 0 Å². The Hall–Kier alpha value is -0.553. The van der Waals surface area contributed by atoms with E-state index in [4.69, 9.17) is 0 Å². The zero-order valence-electron chi connectivity index (χ0n) is 10.4. The molecule has 84 valence electrons. The van der Waals surface area contributed by atoms with Crippen molar-refractivity contribution in [2.45, 2.75) is 57.3 Å². The van der Waals surface area contributed by atoms with Gasteiger partial charge in [-0.3, -0.25) is 0 Å². The van der Waals surface area contributed by atoms with Gasteiger partial charge >= 0.3 is 0 Å². The third-order valence-electron chi connectivity index (χ3n) is 3.48. The van der Waals surface area contributed by atoms with E-state index in [2.05, 4.69) is 38.4 Å². The van der Waals surface area contributed by atoms with Crippen LogP contribution in [0.15, 0.2) is 0 Å². The third kappa shape index (κ3) is 2.52. The molecule has 0 aromatic rings. The van der Waals surface area contributed by atoms with Gasteiger partial charge in [0.15, 0.2) is 0 Å². The minimum absolute atomic E-state index is 0.114. The van der Waals surface area contributed by atoms with Crippen molar-refractivity contribution in [2.75, 3.05) is 0 Å². The van der Waals surface area contributed by atoms with E-state index in [1.165, 1.54) is 12.8 Å². The van der Waals surface area contributed by atoms with Gasteiger partial charge in [0.1, 0.15) is 6.29 Å². The lowest BCUT2D eigenvalue weighted by atomic mass is 10.2. The molecule has 0 N–H and O–H groups in total. The van der Waals surface area contributed by atoms with Crippen LogP contribution < -0.4 is 0 Å². The molecule has 0 aromatic carbocycles. The number of hydrogen-bond donors (Lipinski definition) is 0. The highest BCUT2D eigenvalue weighted by molar-refractivity contribution is 6.81. The number of unbranched alkanes of at least 4 members (excludes halogenated alkanes) is 2. The average Bonchev–Trinajstić information content (AvgIpc) is 2.87. The first-order chi connectivity index (χ1) is 6.98. The van der Waals surface area contributed by atoms with Crippen LogP contribution in [0.25, 0.3) is 0 Å². The van der Waals surface area contributed by atoms with Crippen LogP contribution in [0.3, 0.4) is 0 Å². The van der Waals surface area contributed by atoms with Crippen LogP contribution in [0.2, 0.25) is 24.7 Å². The molecule has 1 aliphatic carbocycles. The van der Waals surface area contributed by atoms with E-state index in [9.17, 15) is 4.79 Å². The maximum Gasteiger partial charge on any atom is 0.124 e. The zero-order chi connectivity index (χ0) is 11.5. The van der Waals surface area contributed by atoms with Crippen LogP contribution in [0.5, 0.6) is 0 Å². The smallest absolute Gasteiger partial charge is 0.124 e. The van der Waals surface area contributed by atoms with Crippen molar-refractivity contribution in [1.29, 1.82) is 0 Å². The molecule has 1 fully saturated rings. The largest absolute Gasteiger partial charge is 0.303 e. The van der Waals surface area contributed by atoms with E-state index in [-0.39, 0.29) is 11.0 Å². The van der Waals surface area contributed by atoms with Crippen LogP contribution in [0.1, 0.15) is 32.6 Å². The van der Waals surface area contributed by atoms with Gasteiger partial charge < -0.3 is 4.79 Å². The van der Waals surface area contributed by atoms with Crippen LogP contribution >= 0.6 is 0 Å². The van der Waals surface area contributed by atoms with E-state index >= 15 is 0 Å². The van der Waals surface area contributed by atoms with E-state index in [1.807, 2.05) is 0 Å². The lowest BCUT2D eigenvalue weighted by molar-refractivity contribution is -0.108. The number of carbonyl (C=O) groups is 1. The van der Waals surface area contributed by atoms with Gasteiger partial charge in [-0.25, -0.2) is 0 Å². The molecule has 0 spiro atoms. The topological polar surface area (TPSA) is 17.1 Å². The Kier molecular flexibility index (Phi) is 3.78. The summed E-state index contributed by atoms with van der Waals surface area (Å²) in [7, 11) is -1.32. The van der Waals surface area contributed by atoms with Crippen molar-refractivity contribution < 1.29 is 4.79 Å². The molecule has 1 saturated carbocycles. The van der Waals surface area contributed by atoms with E-state index < -0.39 is 8.07 Å². The average molecular weight is 222 g/mol. The molecule has 2 atom stereocenters. The highest BCUT2D eigenvalue weighted by atomic mass is 28.3. The van der Waals surface area contributed by atoms with Crippen LogP contribution in [0.4, 0.5) is 0 Å². The minimum atomic E-state index is -1.32. The second-order valence-electron chi connectivity index (χ2n) is 5.57. The van der Waals surface area contributed by atoms with E-state index in [1.54, 1.807) is 0 Å². The Labute approximate surface area is 94.7 Å². The van der Waals surface area contributed by atoms with Crippen molar-refractivity contribution in [3.8, 4) is 11.8 Å². The van der Waals surface area contributed by atoms with E-state index in [0.717, 1.165) is 19.1 Å². The Balaban J connectivity index is 2.68. The molecule has 0 unspecified atom stereocenters. The van der Waals surface area contributed by atoms with Crippen LogP contribution in [-0.2, 0) is 4.79 Å². The van der Waals surface area contributed by atoms with Gasteiger partial charge in [-0.15, -0.1) is 5.92 Å². The van der Waals surface area contributed by atoms with E-state index in [0.29, 0.717) is 0 Å². The van der Waals surface area contributed by atoms with Gasteiger partial charge in [0.25, 0.3) is 0 Å². The summed E-state index contributed by atoms with van der Waals surface area (Å²) in [4.78, 5) is 10.9. The molecule has 2 heteroatoms. The lowest BCUT2D eigenvalue weighted by Crippen LogP contribution is -2.30. The summed E-state index contributed by atoms with van der Waals surface area (Å²) in [6.07, 6.45) is 5.51. The van der Waals surface area contributed by atoms with Crippen LogP contribution in [-0.4, -0.2) is 14.4 Å². The Morgan fingerprint density at radius 1 is 1.47 bits per heavy atom. The summed E-state index contributed by atoms with van der Waals surface area (Å²) in [6, 6.07) is 0. The maximum absolute atomic E-state index is 10.9. The molecule has 0 amide bonds. The van der Waals surface area contributed by atoms with Gasteiger partial charge in [-0.1, -0.05) is 38.9 Å². The van der Waals surface area contributed by atoms with Gasteiger partial charge in [0.05, 0.1) is 8.07 Å². The van der Waals surface area contributed by atoms with Crippen molar-refractivity contribution in [3.05, 3.63) is 0 Å². The summed E-state index contributed by atoms with van der Waals surface area (Å²) >= 11 is 0. The minimum Gasteiger partial charge on any atom is -0.303 e. The molecule has 15 heavy (non-hydrogen) atoms. The molecule has 0 aromatic heterocycles. The Morgan fingerprint density at radius 2 is 2.13 bits per heavy atom. The zero-order valence-corrected chi connectivity index (χ0v) is 11.4. The maximum atomic E-state index is 10.9. The lowest BCUT2D eigenvalue weighted by Gasteiger charge is -2.24. The summed E-state index contributed by atoms with van der Waals surface area (Å²) in [5, 5.41) is 0.114. The fourth-order valence-electron chi connectivity index (χ4n) is 2.13. The SMILES string of the molecule is CCCCC#C[C@@]1([Si](C)(C)C)C[C@H]1C=O. The molecule has 1 nitrogen and oxygen atoms in total. The number of rotatable bonds is 4. The Morgan fingerprint density at radius 3 is 2.53 bits per heavy atom. The monoisotopic (exact) mass is 222 g/mol. The van der Waals surface area contributed by atoms with Gasteiger partial charge in [-0.05, 0) is 12.8 Å². The molecule has 0 saturated heterocycles. The number of carbonyl (C=O) groups excluding carboxylic acids is 1. The van der Waals surface area contributed by atoms with Gasteiger partial charge in [-0.2, -0.15) is 0 Å². The molecule has 1 aliphatic rings. The number of hydrogen-bond acceptors (Lipinski definition) is 1. The molecular formula is C13H22OSi. The first-order valence-corrected chi connectivity index (χ1v) is 9.43. The Bertz CT molecular complexity index is 292. The van der Waals surface area contributed by atoms with Crippen molar-refractivity contribution in [3.63, 3.8) is 0 Å². The fourth-order valence-corrected chi connectivity index (χ4v) is 4.61. The first kappa shape index (κ1) is 12.5. The molecule has 0 bridgehead atoms. The molecule has 1 rings (SSSR count). The second-order valence-corrected chi connectivity index (χ2v) is 11.0. The highest BCUT2D eigenvalue weighted by Gasteiger charge is 2.61. The third-order valence-corrected chi connectivity index (χ3v) is 6.86. The van der Waals surface area contributed by atoms with Crippen molar-refractivity contribution in [2.24, 2.45) is 5.92 Å². The molecular weight excluding hydrogens is 200 g/mol. The second kappa shape index (κ2) is 4.53. The standard InChI is InChI=1S/C13H22OSi/c1-5-6-7-8-9-13(15(2,3)4)10-12(13)11-14/h11-12H,5-7,10H2,1-4H3/t12-,13+/m0/s1. The van der Waals surface area contributed by atoms with Gasteiger partial charge in [0, 0.05) is 17.4 Å². The summed E-state index contributed by atoms with van der Waals surface area (Å²) in [6.45, 7) is 9.16. The van der Waals surface area contributed by atoms with Crippen molar-refractivity contribution in [1.82, 2.24) is 0 Å². The predicted molar refractivity (Wildman–Crippen MR) is 67.5 cm³/mol. The molecule has 0 radical (unpaired) electrons. The van der Waals surface area contributed by atoms with Crippen molar-refractivity contribution >= 4 is 14.4 Å². The quantitative estimate of drug-likeness (QED) is 0.308. The molecule has 0 aliphatic heterocycles. The number of aldehydes is 1. The summed E-state index contributed by atoms with van der Waals surface area (Å²) < 4.78 is 0. The highest BCUT2D eigenvalue weighted by Crippen LogP contribution is 2.64. The fraction of sp³-hybridized carbons (Fsp3) is 0.769. The molecule has 0 heterocycles. The summed E-state index contributed by atoms with van der Waals surface area (Å²) in [5.41, 5.74) is 0. The normalized spacial score (nSPS) is 29.2. The first-order valence-electron chi connectivity index (χ1n) is 5.93. The summed E-state index contributed by atoms with van der Waals surface area (Å²) in [5.74, 6) is 6.95. The predicted octanol–water partition coefficient (Wildman–Crippen LogP) is 3.48.